The molecule has 1 aliphatic rings. The minimum absolute atomic E-state index is 0.0886. The number of amides is 1. The van der Waals surface area contributed by atoms with Gasteiger partial charge >= 0.3 is 0 Å². The number of benzene rings is 2. The van der Waals surface area contributed by atoms with Crippen molar-refractivity contribution < 1.29 is 4.79 Å². The molecule has 2 aromatic rings. The molecule has 0 radical (unpaired) electrons. The highest BCUT2D eigenvalue weighted by atomic mass is 35.5. The number of anilines is 1. The number of para-hydroxylation sites is 1. The van der Waals surface area contributed by atoms with Crippen molar-refractivity contribution in [3.63, 3.8) is 0 Å². The van der Waals surface area contributed by atoms with E-state index >= 15 is 0 Å². The quantitative estimate of drug-likeness (QED) is 0.825. The van der Waals surface area contributed by atoms with Crippen molar-refractivity contribution in [1.82, 2.24) is 5.32 Å². The molecular weight excluding hydrogens is 248 g/mol. The highest BCUT2D eigenvalue weighted by molar-refractivity contribution is 6.31. The lowest BCUT2D eigenvalue weighted by molar-refractivity contribution is 0.0936. The molecule has 1 aliphatic heterocycles. The van der Waals surface area contributed by atoms with E-state index in [0.717, 1.165) is 11.3 Å². The van der Waals surface area contributed by atoms with Gasteiger partial charge in [0.2, 0.25) is 0 Å². The zero-order valence-corrected chi connectivity index (χ0v) is 10.2. The van der Waals surface area contributed by atoms with Crippen molar-refractivity contribution in [3.05, 3.63) is 64.7 Å². The van der Waals surface area contributed by atoms with Crippen LogP contribution in [0, 0.1) is 0 Å². The summed E-state index contributed by atoms with van der Waals surface area (Å²) in [4.78, 5) is 12.0. The summed E-state index contributed by atoms with van der Waals surface area (Å²) in [6, 6.07) is 14.9. The Bertz CT molecular complexity index is 612. The largest absolute Gasteiger partial charge is 0.361 e. The zero-order chi connectivity index (χ0) is 12.5. The fourth-order valence-electron chi connectivity index (χ4n) is 2.07. The van der Waals surface area contributed by atoms with Crippen LogP contribution in [-0.4, -0.2) is 5.91 Å². The maximum absolute atomic E-state index is 12.0. The van der Waals surface area contributed by atoms with Crippen molar-refractivity contribution in [2.24, 2.45) is 0 Å². The highest BCUT2D eigenvalue weighted by Gasteiger charge is 2.25. The highest BCUT2D eigenvalue weighted by Crippen LogP contribution is 2.29. The fraction of sp³-hybridized carbons (Fsp3) is 0.0714. The van der Waals surface area contributed by atoms with E-state index in [1.165, 1.54) is 0 Å². The van der Waals surface area contributed by atoms with Crippen LogP contribution in [0.2, 0.25) is 5.02 Å². The third-order valence-electron chi connectivity index (χ3n) is 2.96. The summed E-state index contributed by atoms with van der Waals surface area (Å²) < 4.78 is 0. The second-order valence-electron chi connectivity index (χ2n) is 4.12. The lowest BCUT2D eigenvalue weighted by atomic mass is 10.1. The molecule has 1 atom stereocenters. The normalized spacial score (nSPS) is 17.6. The molecule has 0 fully saturated rings. The Hall–Kier alpha value is -2.00. The lowest BCUT2D eigenvalue weighted by Crippen LogP contribution is -2.38. The standard InChI is InChI=1S/C14H11ClN2O/c15-11-7-3-1-5-9(11)13-16-12-8-4-2-6-10(12)14(18)17-13/h1-8,13,16H,(H,17,18)/t13-/m0/s1. The molecule has 0 aromatic heterocycles. The number of fused-ring (bicyclic) bond motifs is 1. The molecule has 4 heteroatoms. The summed E-state index contributed by atoms with van der Waals surface area (Å²) in [6.45, 7) is 0. The summed E-state index contributed by atoms with van der Waals surface area (Å²) in [5.74, 6) is -0.0886. The van der Waals surface area contributed by atoms with Gasteiger partial charge in [0.15, 0.2) is 0 Å². The molecule has 90 valence electrons. The number of hydrogen-bond acceptors (Lipinski definition) is 2. The monoisotopic (exact) mass is 258 g/mol. The molecule has 18 heavy (non-hydrogen) atoms. The fourth-order valence-corrected chi connectivity index (χ4v) is 2.32. The Morgan fingerprint density at radius 2 is 1.67 bits per heavy atom. The van der Waals surface area contributed by atoms with Gasteiger partial charge in [-0.3, -0.25) is 4.79 Å². The van der Waals surface area contributed by atoms with Crippen molar-refractivity contribution in [1.29, 1.82) is 0 Å². The predicted molar refractivity (Wildman–Crippen MR) is 71.7 cm³/mol. The van der Waals surface area contributed by atoms with E-state index in [2.05, 4.69) is 10.6 Å². The first-order chi connectivity index (χ1) is 8.75. The zero-order valence-electron chi connectivity index (χ0n) is 9.48. The molecule has 3 rings (SSSR count). The summed E-state index contributed by atoms with van der Waals surface area (Å²) in [5.41, 5.74) is 2.34. The first-order valence-electron chi connectivity index (χ1n) is 5.66. The van der Waals surface area contributed by atoms with E-state index in [9.17, 15) is 4.79 Å². The van der Waals surface area contributed by atoms with Gasteiger partial charge in [-0.05, 0) is 18.2 Å². The Morgan fingerprint density at radius 3 is 2.50 bits per heavy atom. The van der Waals surface area contributed by atoms with Crippen molar-refractivity contribution in [2.45, 2.75) is 6.17 Å². The van der Waals surface area contributed by atoms with Crippen LogP contribution in [0.5, 0.6) is 0 Å². The third kappa shape index (κ3) is 1.83. The Balaban J connectivity index is 2.00. The van der Waals surface area contributed by atoms with Gasteiger partial charge in [-0.15, -0.1) is 0 Å². The van der Waals surface area contributed by atoms with Gasteiger partial charge < -0.3 is 10.6 Å². The van der Waals surface area contributed by atoms with E-state index < -0.39 is 0 Å². The van der Waals surface area contributed by atoms with Gasteiger partial charge in [-0.2, -0.15) is 0 Å². The molecular formula is C14H11ClN2O. The first-order valence-corrected chi connectivity index (χ1v) is 6.04. The molecule has 0 bridgehead atoms. The van der Waals surface area contributed by atoms with E-state index in [1.807, 2.05) is 42.5 Å². The smallest absolute Gasteiger partial charge is 0.255 e. The predicted octanol–water partition coefficient (Wildman–Crippen LogP) is 3.19. The van der Waals surface area contributed by atoms with Crippen LogP contribution >= 0.6 is 11.6 Å². The Labute approximate surface area is 110 Å². The van der Waals surface area contributed by atoms with Crippen LogP contribution in [0.25, 0.3) is 0 Å². The maximum Gasteiger partial charge on any atom is 0.255 e. The van der Waals surface area contributed by atoms with E-state index in [-0.39, 0.29) is 12.1 Å². The average Bonchev–Trinajstić information content (AvgIpc) is 2.39. The topological polar surface area (TPSA) is 41.1 Å². The molecule has 3 nitrogen and oxygen atoms in total. The third-order valence-corrected chi connectivity index (χ3v) is 3.31. The molecule has 2 aromatic carbocycles. The van der Waals surface area contributed by atoms with Crippen molar-refractivity contribution in [3.8, 4) is 0 Å². The van der Waals surface area contributed by atoms with Gasteiger partial charge in [0, 0.05) is 16.3 Å². The molecule has 0 unspecified atom stereocenters. The van der Waals surface area contributed by atoms with E-state index in [4.69, 9.17) is 11.6 Å². The SMILES string of the molecule is O=C1N[C@@H](c2ccccc2Cl)Nc2ccccc21. The summed E-state index contributed by atoms with van der Waals surface area (Å²) in [5, 5.41) is 6.80. The maximum atomic E-state index is 12.0. The summed E-state index contributed by atoms with van der Waals surface area (Å²) in [7, 11) is 0. The second-order valence-corrected chi connectivity index (χ2v) is 4.53. The number of halogens is 1. The van der Waals surface area contributed by atoms with Gasteiger partial charge in [0.05, 0.1) is 5.56 Å². The minimum atomic E-state index is -0.291. The number of carbonyl (C=O) groups is 1. The van der Waals surface area contributed by atoms with Crippen LogP contribution in [0.4, 0.5) is 5.69 Å². The first kappa shape index (κ1) is 11.1. The van der Waals surface area contributed by atoms with Crippen LogP contribution in [0.15, 0.2) is 48.5 Å². The second kappa shape index (κ2) is 4.35. The lowest BCUT2D eigenvalue weighted by Gasteiger charge is -2.28. The molecule has 0 aliphatic carbocycles. The van der Waals surface area contributed by atoms with Crippen molar-refractivity contribution >= 4 is 23.2 Å². The minimum Gasteiger partial charge on any atom is -0.361 e. The van der Waals surface area contributed by atoms with Gasteiger partial charge in [0.1, 0.15) is 6.17 Å². The summed E-state index contributed by atoms with van der Waals surface area (Å²) >= 11 is 6.14. The van der Waals surface area contributed by atoms with E-state index in [1.54, 1.807) is 6.07 Å². The Morgan fingerprint density at radius 1 is 0.944 bits per heavy atom. The van der Waals surface area contributed by atoms with Gasteiger partial charge in [-0.25, -0.2) is 0 Å². The number of rotatable bonds is 1. The molecule has 0 spiro atoms. The number of nitrogens with one attached hydrogen (secondary N) is 2. The molecule has 1 heterocycles. The molecule has 2 N–H and O–H groups in total. The van der Waals surface area contributed by atoms with Crippen LogP contribution < -0.4 is 10.6 Å². The average molecular weight is 259 g/mol. The van der Waals surface area contributed by atoms with Gasteiger partial charge in [-0.1, -0.05) is 41.9 Å². The van der Waals surface area contributed by atoms with E-state index in [0.29, 0.717) is 10.6 Å². The number of carbonyl (C=O) groups excluding carboxylic acids is 1. The Kier molecular flexibility index (Phi) is 2.68. The molecule has 1 amide bonds. The van der Waals surface area contributed by atoms with Crippen LogP contribution in [-0.2, 0) is 0 Å². The van der Waals surface area contributed by atoms with Gasteiger partial charge in [0.25, 0.3) is 5.91 Å². The molecule has 0 saturated carbocycles. The summed E-state index contributed by atoms with van der Waals surface area (Å²) in [6.07, 6.45) is -0.291. The van der Waals surface area contributed by atoms with Crippen LogP contribution in [0.1, 0.15) is 22.1 Å². The van der Waals surface area contributed by atoms with Crippen LogP contribution in [0.3, 0.4) is 0 Å². The molecule has 0 saturated heterocycles. The van der Waals surface area contributed by atoms with Crippen molar-refractivity contribution in [2.75, 3.05) is 5.32 Å². The number of hydrogen-bond donors (Lipinski definition) is 2.